The van der Waals surface area contributed by atoms with Crippen LogP contribution < -0.4 is 19.1 Å². The first-order valence-electron chi connectivity index (χ1n) is 14.4. The van der Waals surface area contributed by atoms with Gasteiger partial charge in [-0.05, 0) is 59.2 Å². The second-order valence-corrected chi connectivity index (χ2v) is 12.8. The molecule has 0 spiro atoms. The Hall–Kier alpha value is -4.26. The van der Waals surface area contributed by atoms with Crippen molar-refractivity contribution in [2.24, 2.45) is 0 Å². The fourth-order valence-corrected chi connectivity index (χ4v) is 5.46. The van der Waals surface area contributed by atoms with Crippen LogP contribution in [-0.4, -0.2) is 36.6 Å². The molecule has 0 aliphatic carbocycles. The standard InChI is InChI=1S/C35H39NO6/c1-8-40-26-15-11-22(19-25(26)35(5,6)7)31(37)29-30(21-9-12-23(13-10-21)34(2,3)4)36(33(39)32(29)38)24-14-16-27-28(20-24)42-18-17-41-27/h9-16,19-20,30,37H,8,17-18H2,1-7H3/b31-29+. The molecule has 2 heterocycles. The number of aliphatic hydroxyl groups is 1. The Balaban J connectivity index is 1.70. The first kappa shape index (κ1) is 29.2. The lowest BCUT2D eigenvalue weighted by Gasteiger charge is -2.28. The zero-order valence-electron chi connectivity index (χ0n) is 25.4. The zero-order chi connectivity index (χ0) is 30.4. The number of benzene rings is 3. The Bertz CT molecular complexity index is 1560. The predicted octanol–water partition coefficient (Wildman–Crippen LogP) is 7.08. The number of carbonyl (C=O) groups is 2. The number of ether oxygens (including phenoxy) is 3. The minimum absolute atomic E-state index is 0.0300. The highest BCUT2D eigenvalue weighted by Crippen LogP contribution is 2.45. The number of ketones is 1. The molecular weight excluding hydrogens is 530 g/mol. The van der Waals surface area contributed by atoms with Crippen LogP contribution in [0.25, 0.3) is 5.76 Å². The molecule has 2 aliphatic rings. The smallest absolute Gasteiger partial charge is 0.300 e. The highest BCUT2D eigenvalue weighted by molar-refractivity contribution is 6.51. The summed E-state index contributed by atoms with van der Waals surface area (Å²) in [6.07, 6.45) is 0. The molecule has 7 nitrogen and oxygen atoms in total. The van der Waals surface area contributed by atoms with E-state index >= 15 is 0 Å². The Morgan fingerprint density at radius 2 is 1.55 bits per heavy atom. The van der Waals surface area contributed by atoms with Crippen molar-refractivity contribution in [2.75, 3.05) is 24.7 Å². The summed E-state index contributed by atoms with van der Waals surface area (Å²) < 4.78 is 17.3. The molecular formula is C35H39NO6. The number of amides is 1. The van der Waals surface area contributed by atoms with Gasteiger partial charge in [0.1, 0.15) is 24.7 Å². The Morgan fingerprint density at radius 1 is 0.881 bits per heavy atom. The molecule has 3 aromatic carbocycles. The van der Waals surface area contributed by atoms with Gasteiger partial charge in [-0.2, -0.15) is 0 Å². The van der Waals surface area contributed by atoms with E-state index in [1.54, 1.807) is 24.3 Å². The number of fused-ring (bicyclic) bond motifs is 1. The molecule has 0 bridgehead atoms. The van der Waals surface area contributed by atoms with Crippen LogP contribution in [0.15, 0.2) is 66.2 Å². The van der Waals surface area contributed by atoms with Crippen LogP contribution in [0, 0.1) is 0 Å². The minimum Gasteiger partial charge on any atom is -0.507 e. The molecule has 7 heteroatoms. The third-order valence-electron chi connectivity index (χ3n) is 7.70. The van der Waals surface area contributed by atoms with Gasteiger partial charge in [-0.1, -0.05) is 65.8 Å². The quantitative estimate of drug-likeness (QED) is 0.201. The third kappa shape index (κ3) is 5.36. The van der Waals surface area contributed by atoms with Gasteiger partial charge < -0.3 is 19.3 Å². The molecule has 1 amide bonds. The Labute approximate surface area is 247 Å². The topological polar surface area (TPSA) is 85.3 Å². The molecule has 0 saturated carbocycles. The lowest BCUT2D eigenvalue weighted by molar-refractivity contribution is -0.132. The van der Waals surface area contributed by atoms with Gasteiger partial charge in [0, 0.05) is 22.9 Å². The largest absolute Gasteiger partial charge is 0.507 e. The van der Waals surface area contributed by atoms with Crippen LogP contribution in [0.2, 0.25) is 0 Å². The summed E-state index contributed by atoms with van der Waals surface area (Å²) in [6.45, 7) is 15.8. The highest BCUT2D eigenvalue weighted by atomic mass is 16.6. The van der Waals surface area contributed by atoms with E-state index in [1.165, 1.54) is 4.90 Å². The van der Waals surface area contributed by atoms with Crippen LogP contribution in [0.5, 0.6) is 17.2 Å². The molecule has 0 radical (unpaired) electrons. The maximum atomic E-state index is 13.8. The molecule has 220 valence electrons. The molecule has 1 unspecified atom stereocenters. The van der Waals surface area contributed by atoms with E-state index in [4.69, 9.17) is 14.2 Å². The van der Waals surface area contributed by atoms with Crippen molar-refractivity contribution >= 4 is 23.1 Å². The monoisotopic (exact) mass is 569 g/mol. The number of anilines is 1. The molecule has 0 aromatic heterocycles. The fourth-order valence-electron chi connectivity index (χ4n) is 5.46. The van der Waals surface area contributed by atoms with Gasteiger partial charge in [-0.25, -0.2) is 0 Å². The van der Waals surface area contributed by atoms with Gasteiger partial charge in [-0.15, -0.1) is 0 Å². The first-order chi connectivity index (χ1) is 19.8. The van der Waals surface area contributed by atoms with Crippen molar-refractivity contribution in [3.8, 4) is 17.2 Å². The first-order valence-corrected chi connectivity index (χ1v) is 14.4. The second-order valence-electron chi connectivity index (χ2n) is 12.8. The molecule has 2 aliphatic heterocycles. The van der Waals surface area contributed by atoms with E-state index in [0.29, 0.717) is 53.9 Å². The summed E-state index contributed by atoms with van der Waals surface area (Å²) >= 11 is 0. The van der Waals surface area contributed by atoms with Crippen molar-refractivity contribution in [2.45, 2.75) is 65.3 Å². The summed E-state index contributed by atoms with van der Waals surface area (Å²) in [4.78, 5) is 28.9. The van der Waals surface area contributed by atoms with Crippen LogP contribution in [0.4, 0.5) is 5.69 Å². The number of hydrogen-bond acceptors (Lipinski definition) is 6. The average Bonchev–Trinajstić information content (AvgIpc) is 3.21. The van der Waals surface area contributed by atoms with Crippen LogP contribution in [0.3, 0.4) is 0 Å². The SMILES string of the molecule is CCOc1ccc(/C(O)=C2\C(=O)C(=O)N(c3ccc4c(c3)OCCO4)C2c2ccc(C(C)(C)C)cc2)cc1C(C)(C)C. The molecule has 1 N–H and O–H groups in total. The van der Waals surface area contributed by atoms with E-state index < -0.39 is 17.7 Å². The molecule has 1 fully saturated rings. The van der Waals surface area contributed by atoms with Gasteiger partial charge in [-0.3, -0.25) is 14.5 Å². The summed E-state index contributed by atoms with van der Waals surface area (Å²) in [6, 6.07) is 17.6. The van der Waals surface area contributed by atoms with Crippen LogP contribution in [-0.2, 0) is 20.4 Å². The maximum Gasteiger partial charge on any atom is 0.300 e. The van der Waals surface area contributed by atoms with Gasteiger partial charge in [0.2, 0.25) is 0 Å². The molecule has 5 rings (SSSR count). The van der Waals surface area contributed by atoms with E-state index in [0.717, 1.165) is 11.1 Å². The summed E-state index contributed by atoms with van der Waals surface area (Å²) in [5, 5.41) is 11.8. The predicted molar refractivity (Wildman–Crippen MR) is 164 cm³/mol. The van der Waals surface area contributed by atoms with Crippen LogP contribution >= 0.6 is 0 Å². The summed E-state index contributed by atoms with van der Waals surface area (Å²) in [7, 11) is 0. The van der Waals surface area contributed by atoms with Crippen molar-refractivity contribution in [1.29, 1.82) is 0 Å². The number of Topliss-reactive ketones (excluding diaryl/α,β-unsaturated/α-hetero) is 1. The Morgan fingerprint density at radius 3 is 2.17 bits per heavy atom. The number of nitrogens with zero attached hydrogens (tertiary/aromatic N) is 1. The molecule has 3 aromatic rings. The lowest BCUT2D eigenvalue weighted by Crippen LogP contribution is -2.29. The average molecular weight is 570 g/mol. The molecule has 42 heavy (non-hydrogen) atoms. The van der Waals surface area contributed by atoms with Crippen molar-refractivity contribution in [3.05, 3.63) is 88.5 Å². The summed E-state index contributed by atoms with van der Waals surface area (Å²) in [5.41, 5.74) is 3.29. The molecule has 1 saturated heterocycles. The van der Waals surface area contributed by atoms with E-state index in [9.17, 15) is 14.7 Å². The number of carbonyl (C=O) groups excluding carboxylic acids is 2. The fraction of sp³-hybridized carbons (Fsp3) is 0.371. The summed E-state index contributed by atoms with van der Waals surface area (Å²) in [5.74, 6) is 0.0959. The van der Waals surface area contributed by atoms with Crippen molar-refractivity contribution in [3.63, 3.8) is 0 Å². The van der Waals surface area contributed by atoms with Crippen molar-refractivity contribution in [1.82, 2.24) is 0 Å². The number of aliphatic hydroxyl groups excluding tert-OH is 1. The number of rotatable bonds is 5. The Kier molecular flexibility index (Phi) is 7.56. The van der Waals surface area contributed by atoms with E-state index in [-0.39, 0.29) is 22.2 Å². The highest BCUT2D eigenvalue weighted by Gasteiger charge is 2.47. The van der Waals surface area contributed by atoms with Gasteiger partial charge in [0.25, 0.3) is 11.7 Å². The zero-order valence-corrected chi connectivity index (χ0v) is 25.4. The van der Waals surface area contributed by atoms with Gasteiger partial charge >= 0.3 is 0 Å². The normalized spacial score (nSPS) is 18.4. The second kappa shape index (κ2) is 10.9. The van der Waals surface area contributed by atoms with Crippen LogP contribution in [0.1, 0.15) is 76.8 Å². The third-order valence-corrected chi connectivity index (χ3v) is 7.70. The van der Waals surface area contributed by atoms with E-state index in [2.05, 4.69) is 41.5 Å². The van der Waals surface area contributed by atoms with Gasteiger partial charge in [0.05, 0.1) is 18.2 Å². The number of hydrogen-bond donors (Lipinski definition) is 1. The maximum absolute atomic E-state index is 13.8. The van der Waals surface area contributed by atoms with E-state index in [1.807, 2.05) is 43.3 Å². The molecule has 1 atom stereocenters. The van der Waals surface area contributed by atoms with Gasteiger partial charge in [0.15, 0.2) is 11.5 Å². The minimum atomic E-state index is -0.855. The van der Waals surface area contributed by atoms with Crippen molar-refractivity contribution < 1.29 is 28.9 Å². The lowest BCUT2D eigenvalue weighted by atomic mass is 9.84.